The molecule has 1 aliphatic rings. The monoisotopic (exact) mass is 461 g/mol. The molecule has 0 bridgehead atoms. The first-order valence-corrected chi connectivity index (χ1v) is 11.5. The van der Waals surface area contributed by atoms with Crippen molar-refractivity contribution in [1.82, 2.24) is 14.5 Å². The molecule has 0 spiro atoms. The maximum absolute atomic E-state index is 11.6. The molecule has 1 aromatic carbocycles. The summed E-state index contributed by atoms with van der Waals surface area (Å²) in [7, 11) is 1.86. The van der Waals surface area contributed by atoms with E-state index in [4.69, 9.17) is 16.0 Å². The fourth-order valence-corrected chi connectivity index (χ4v) is 4.24. The maximum Gasteiger partial charge on any atom is 0.232 e. The predicted octanol–water partition coefficient (Wildman–Crippen LogP) is 3.54. The van der Waals surface area contributed by atoms with Gasteiger partial charge < -0.3 is 19.6 Å². The molecule has 1 fully saturated rings. The highest BCUT2D eigenvalue weighted by Crippen LogP contribution is 2.33. The van der Waals surface area contributed by atoms with E-state index in [0.717, 1.165) is 55.0 Å². The van der Waals surface area contributed by atoms with Crippen molar-refractivity contribution in [2.24, 2.45) is 12.9 Å². The summed E-state index contributed by atoms with van der Waals surface area (Å²) in [5, 5.41) is 8.65. The number of ether oxygens (including phenoxy) is 1. The summed E-state index contributed by atoms with van der Waals surface area (Å²) in [5.41, 5.74) is 7.45. The number of hydrogen-bond acceptors (Lipinski definition) is 8. The number of carbonyl (C=O) groups is 1. The minimum Gasteiger partial charge on any atom is -0.473 e. The number of Topliss-reactive ketones (excluding diaryl/α,β-unsaturated/α-hetero) is 1. The fourth-order valence-electron chi connectivity index (χ4n) is 4.24. The number of hydrazine groups is 1. The van der Waals surface area contributed by atoms with Crippen LogP contribution in [0.2, 0.25) is 0 Å². The number of benzene rings is 1. The minimum atomic E-state index is -0.0718. The number of rotatable bonds is 7. The fraction of sp³-hybridized carbons (Fsp3) is 0.360. The van der Waals surface area contributed by atoms with Gasteiger partial charge in [0, 0.05) is 62.7 Å². The highest BCUT2D eigenvalue weighted by atomic mass is 16.5. The van der Waals surface area contributed by atoms with E-state index in [1.165, 1.54) is 0 Å². The molecular formula is C25H31N7O2. The first-order valence-electron chi connectivity index (χ1n) is 11.5. The van der Waals surface area contributed by atoms with Gasteiger partial charge in [-0.1, -0.05) is 31.2 Å². The van der Waals surface area contributed by atoms with Crippen LogP contribution < -0.4 is 16.2 Å². The van der Waals surface area contributed by atoms with Crippen LogP contribution in [0.1, 0.15) is 48.3 Å². The number of aromatic nitrogens is 3. The number of piperidine rings is 1. The molecule has 1 aliphatic heterocycles. The average Bonchev–Trinajstić information content (AvgIpc) is 3.20. The number of hydrogen-bond donors (Lipinski definition) is 3. The van der Waals surface area contributed by atoms with E-state index in [2.05, 4.69) is 27.2 Å². The second-order valence-electron chi connectivity index (χ2n) is 8.53. The van der Waals surface area contributed by atoms with Crippen molar-refractivity contribution < 1.29 is 9.53 Å². The van der Waals surface area contributed by atoms with Crippen LogP contribution >= 0.6 is 0 Å². The zero-order valence-electron chi connectivity index (χ0n) is 19.8. The lowest BCUT2D eigenvalue weighted by Gasteiger charge is -2.32. The zero-order chi connectivity index (χ0) is 24.2. The van der Waals surface area contributed by atoms with Gasteiger partial charge in [0.1, 0.15) is 11.8 Å². The number of nitrogens with one attached hydrogen (secondary N) is 2. The second kappa shape index (κ2) is 10.0. The predicted molar refractivity (Wildman–Crippen MR) is 133 cm³/mol. The smallest absolute Gasteiger partial charge is 0.232 e. The quantitative estimate of drug-likeness (QED) is 0.162. The molecule has 9 heteroatoms. The highest BCUT2D eigenvalue weighted by Gasteiger charge is 2.26. The molecule has 0 unspecified atom stereocenters. The van der Waals surface area contributed by atoms with Crippen LogP contribution in [-0.2, 0) is 18.2 Å². The molecule has 3 aromatic rings. The Morgan fingerprint density at radius 3 is 2.41 bits per heavy atom. The lowest BCUT2D eigenvalue weighted by molar-refractivity contribution is 0.101. The van der Waals surface area contributed by atoms with E-state index in [1.807, 2.05) is 42.3 Å². The molecule has 2 aromatic heterocycles. The Kier molecular flexibility index (Phi) is 6.93. The van der Waals surface area contributed by atoms with E-state index in [1.54, 1.807) is 19.1 Å². The first kappa shape index (κ1) is 23.4. The molecule has 3 heterocycles. The van der Waals surface area contributed by atoms with Gasteiger partial charge in [-0.25, -0.2) is 9.97 Å². The maximum atomic E-state index is 11.6. The summed E-state index contributed by atoms with van der Waals surface area (Å²) in [5.74, 6) is 6.69. The number of ketones is 1. The Hall–Kier alpha value is -3.72. The lowest BCUT2D eigenvalue weighted by Crippen LogP contribution is -2.39. The van der Waals surface area contributed by atoms with Crippen molar-refractivity contribution in [3.8, 4) is 11.1 Å². The number of nitrogens with zero attached hydrogens (tertiary/aromatic N) is 4. The van der Waals surface area contributed by atoms with E-state index < -0.39 is 0 Å². The summed E-state index contributed by atoms with van der Waals surface area (Å²) in [4.78, 5) is 22.7. The van der Waals surface area contributed by atoms with Crippen molar-refractivity contribution in [2.45, 2.75) is 39.2 Å². The first-order chi connectivity index (χ1) is 16.4. The largest absolute Gasteiger partial charge is 0.473 e. The van der Waals surface area contributed by atoms with Crippen LogP contribution in [0.15, 0.2) is 42.9 Å². The topological polar surface area (TPSA) is 122 Å². The van der Waals surface area contributed by atoms with E-state index in [9.17, 15) is 4.79 Å². The number of anilines is 2. The van der Waals surface area contributed by atoms with Crippen LogP contribution in [-0.4, -0.2) is 45.4 Å². The number of aryl methyl sites for hydroxylation is 2. The molecule has 4 N–H and O–H groups in total. The number of nitrogens with two attached hydrogens (primary N) is 1. The Morgan fingerprint density at radius 2 is 1.85 bits per heavy atom. The SMILES string of the molecule is CCc1cnc(N2CCC(OC(=N)c3c(NN)c(-c4ccc(C(C)=O)cc4)cn3C)CC2)nc1. The van der Waals surface area contributed by atoms with Gasteiger partial charge >= 0.3 is 0 Å². The average molecular weight is 462 g/mol. The third-order valence-electron chi connectivity index (χ3n) is 6.25. The lowest BCUT2D eigenvalue weighted by atomic mass is 10.0. The van der Waals surface area contributed by atoms with Gasteiger partial charge in [0.2, 0.25) is 11.8 Å². The minimum absolute atomic E-state index is 0.0169. The highest BCUT2D eigenvalue weighted by molar-refractivity contribution is 6.01. The summed E-state index contributed by atoms with van der Waals surface area (Å²) in [6.07, 6.45) is 8.06. The van der Waals surface area contributed by atoms with Gasteiger partial charge in [-0.15, -0.1) is 0 Å². The van der Waals surface area contributed by atoms with Gasteiger partial charge in [-0.2, -0.15) is 0 Å². The van der Waals surface area contributed by atoms with Crippen molar-refractivity contribution in [1.29, 1.82) is 5.41 Å². The number of nitrogen functional groups attached to an aromatic ring is 1. The second-order valence-corrected chi connectivity index (χ2v) is 8.53. The van der Waals surface area contributed by atoms with Crippen LogP contribution in [0.3, 0.4) is 0 Å². The van der Waals surface area contributed by atoms with Crippen LogP contribution in [0.4, 0.5) is 11.6 Å². The molecule has 9 nitrogen and oxygen atoms in total. The standard InChI is InChI=1S/C25H31N7O2/c1-4-17-13-28-25(29-14-17)32-11-9-20(10-12-32)34-24(26)23-22(30-27)21(15-31(23)3)19-7-5-18(6-8-19)16(2)33/h5-8,13-15,20,26,30H,4,9-12,27H2,1-3H3. The zero-order valence-corrected chi connectivity index (χ0v) is 19.8. The Bertz CT molecular complexity index is 1160. The summed E-state index contributed by atoms with van der Waals surface area (Å²) in [6.45, 7) is 5.17. The van der Waals surface area contributed by atoms with Crippen molar-refractivity contribution >= 4 is 23.3 Å². The molecule has 0 radical (unpaired) electrons. The number of carbonyl (C=O) groups excluding carboxylic acids is 1. The summed E-state index contributed by atoms with van der Waals surface area (Å²) >= 11 is 0. The van der Waals surface area contributed by atoms with Crippen molar-refractivity contribution in [2.75, 3.05) is 23.4 Å². The van der Waals surface area contributed by atoms with Crippen LogP contribution in [0.5, 0.6) is 0 Å². The summed E-state index contributed by atoms with van der Waals surface area (Å²) < 4.78 is 7.91. The van der Waals surface area contributed by atoms with Crippen LogP contribution in [0, 0.1) is 5.41 Å². The van der Waals surface area contributed by atoms with Crippen molar-refractivity contribution in [3.05, 3.63) is 59.7 Å². The van der Waals surface area contributed by atoms with E-state index in [-0.39, 0.29) is 17.8 Å². The van der Waals surface area contributed by atoms with Crippen LogP contribution in [0.25, 0.3) is 11.1 Å². The normalized spacial score (nSPS) is 14.2. The van der Waals surface area contributed by atoms with Gasteiger partial charge in [0.05, 0.1) is 5.69 Å². The molecular weight excluding hydrogens is 430 g/mol. The van der Waals surface area contributed by atoms with E-state index in [0.29, 0.717) is 16.9 Å². The third-order valence-corrected chi connectivity index (χ3v) is 6.25. The Morgan fingerprint density at radius 1 is 1.21 bits per heavy atom. The Labute approximate surface area is 199 Å². The van der Waals surface area contributed by atoms with E-state index >= 15 is 0 Å². The van der Waals surface area contributed by atoms with Gasteiger partial charge in [0.15, 0.2) is 5.78 Å². The van der Waals surface area contributed by atoms with Gasteiger partial charge in [-0.05, 0) is 24.5 Å². The molecule has 0 amide bonds. The Balaban J connectivity index is 1.44. The molecule has 0 atom stereocenters. The third kappa shape index (κ3) is 4.79. The molecule has 0 saturated carbocycles. The molecule has 0 aliphatic carbocycles. The molecule has 178 valence electrons. The molecule has 4 rings (SSSR count). The molecule has 1 saturated heterocycles. The van der Waals surface area contributed by atoms with Crippen molar-refractivity contribution in [3.63, 3.8) is 0 Å². The van der Waals surface area contributed by atoms with Gasteiger partial charge in [-0.3, -0.25) is 16.0 Å². The van der Waals surface area contributed by atoms with Gasteiger partial charge in [0.25, 0.3) is 0 Å². The summed E-state index contributed by atoms with van der Waals surface area (Å²) in [6, 6.07) is 7.34. The molecule has 34 heavy (non-hydrogen) atoms.